The summed E-state index contributed by atoms with van der Waals surface area (Å²) in [4.78, 5) is 15.1. The van der Waals surface area contributed by atoms with Crippen LogP contribution in [0.2, 0.25) is 0 Å². The zero-order valence-electron chi connectivity index (χ0n) is 9.62. The Bertz CT molecular complexity index is 554. The summed E-state index contributed by atoms with van der Waals surface area (Å²) in [6.45, 7) is 1.43. The predicted molar refractivity (Wildman–Crippen MR) is 71.7 cm³/mol. The monoisotopic (exact) mass is 262 g/mol. The topological polar surface area (TPSA) is 82.5 Å². The van der Waals surface area contributed by atoms with Gasteiger partial charge in [-0.2, -0.15) is 0 Å². The molecular formula is C11H11BN2O3S. The summed E-state index contributed by atoms with van der Waals surface area (Å²) >= 11 is 1.34. The van der Waals surface area contributed by atoms with Crippen LogP contribution in [0.3, 0.4) is 0 Å². The summed E-state index contributed by atoms with van der Waals surface area (Å²) in [5.41, 5.74) is 2.02. The van der Waals surface area contributed by atoms with Crippen LogP contribution in [0.1, 0.15) is 6.92 Å². The number of thiazole rings is 1. The second-order valence-corrected chi connectivity index (χ2v) is 4.57. The molecule has 0 aliphatic rings. The summed E-state index contributed by atoms with van der Waals surface area (Å²) in [7, 11) is -1.47. The van der Waals surface area contributed by atoms with Crippen molar-refractivity contribution < 1.29 is 14.8 Å². The Morgan fingerprint density at radius 1 is 1.33 bits per heavy atom. The number of carbonyl (C=O) groups excluding carboxylic acids is 1. The predicted octanol–water partition coefficient (Wildman–Crippen LogP) is 0.448. The Morgan fingerprint density at radius 2 is 2.00 bits per heavy atom. The molecule has 18 heavy (non-hydrogen) atoms. The molecule has 2 rings (SSSR count). The van der Waals surface area contributed by atoms with E-state index in [-0.39, 0.29) is 5.91 Å². The Hall–Kier alpha value is -1.70. The number of hydrogen-bond acceptors (Lipinski definition) is 5. The Balaban J connectivity index is 2.20. The molecule has 0 saturated heterocycles. The van der Waals surface area contributed by atoms with Crippen molar-refractivity contribution in [2.24, 2.45) is 0 Å². The fourth-order valence-electron chi connectivity index (χ4n) is 1.44. The molecule has 2 aromatic rings. The molecule has 0 unspecified atom stereocenters. The molecule has 0 atom stereocenters. The fraction of sp³-hybridized carbons (Fsp3) is 0.0909. The number of aromatic nitrogens is 1. The van der Waals surface area contributed by atoms with Crippen LogP contribution in [0.5, 0.6) is 0 Å². The van der Waals surface area contributed by atoms with Crippen molar-refractivity contribution in [3.63, 3.8) is 0 Å². The number of benzene rings is 1. The molecule has 0 fully saturated rings. The summed E-state index contributed by atoms with van der Waals surface area (Å²) in [5, 5.41) is 23.0. The van der Waals surface area contributed by atoms with Crippen molar-refractivity contribution in [1.82, 2.24) is 4.98 Å². The average Bonchev–Trinajstić information content (AvgIpc) is 2.76. The van der Waals surface area contributed by atoms with Gasteiger partial charge in [-0.15, -0.1) is 11.3 Å². The molecule has 1 aromatic carbocycles. The van der Waals surface area contributed by atoms with Gasteiger partial charge in [0.15, 0.2) is 5.13 Å². The van der Waals surface area contributed by atoms with E-state index < -0.39 is 7.12 Å². The van der Waals surface area contributed by atoms with Crippen molar-refractivity contribution in [1.29, 1.82) is 0 Å². The minimum absolute atomic E-state index is 0.158. The van der Waals surface area contributed by atoms with Gasteiger partial charge >= 0.3 is 7.12 Å². The van der Waals surface area contributed by atoms with Crippen LogP contribution in [-0.4, -0.2) is 28.1 Å². The van der Waals surface area contributed by atoms with Crippen LogP contribution in [0.4, 0.5) is 5.13 Å². The van der Waals surface area contributed by atoms with E-state index in [1.54, 1.807) is 24.3 Å². The highest BCUT2D eigenvalue weighted by Crippen LogP contribution is 2.24. The molecule has 0 radical (unpaired) electrons. The molecular weight excluding hydrogens is 251 g/mol. The highest BCUT2D eigenvalue weighted by Gasteiger charge is 2.11. The van der Waals surface area contributed by atoms with Gasteiger partial charge in [-0.25, -0.2) is 4.98 Å². The zero-order chi connectivity index (χ0) is 13.1. The van der Waals surface area contributed by atoms with Crippen LogP contribution >= 0.6 is 11.3 Å². The quantitative estimate of drug-likeness (QED) is 0.701. The molecule has 1 aromatic heterocycles. The first-order valence-corrected chi connectivity index (χ1v) is 6.14. The number of nitrogens with zero attached hydrogens (tertiary/aromatic N) is 1. The van der Waals surface area contributed by atoms with E-state index in [1.165, 1.54) is 18.3 Å². The second-order valence-electron chi connectivity index (χ2n) is 3.71. The summed E-state index contributed by atoms with van der Waals surface area (Å²) < 4.78 is 0. The maximum Gasteiger partial charge on any atom is 0.488 e. The maximum absolute atomic E-state index is 10.9. The van der Waals surface area contributed by atoms with Crippen molar-refractivity contribution >= 4 is 35.0 Å². The third kappa shape index (κ3) is 2.95. The van der Waals surface area contributed by atoms with E-state index in [9.17, 15) is 4.79 Å². The van der Waals surface area contributed by atoms with Gasteiger partial charge in [-0.1, -0.05) is 24.3 Å². The first-order valence-electron chi connectivity index (χ1n) is 5.26. The highest BCUT2D eigenvalue weighted by molar-refractivity contribution is 7.14. The molecule has 0 aliphatic carbocycles. The maximum atomic E-state index is 10.9. The van der Waals surface area contributed by atoms with Gasteiger partial charge in [0.2, 0.25) is 5.91 Å². The number of amides is 1. The van der Waals surface area contributed by atoms with E-state index in [2.05, 4.69) is 10.3 Å². The van der Waals surface area contributed by atoms with Crippen LogP contribution in [-0.2, 0) is 4.79 Å². The Labute approximate surface area is 108 Å². The molecule has 0 spiro atoms. The van der Waals surface area contributed by atoms with E-state index in [0.717, 1.165) is 11.3 Å². The minimum Gasteiger partial charge on any atom is -0.423 e. The molecule has 92 valence electrons. The lowest BCUT2D eigenvalue weighted by atomic mass is 9.80. The van der Waals surface area contributed by atoms with Crippen molar-refractivity contribution in [2.75, 3.05) is 5.32 Å². The average molecular weight is 262 g/mol. The summed E-state index contributed by atoms with van der Waals surface area (Å²) in [6, 6.07) is 6.75. The van der Waals surface area contributed by atoms with Gasteiger partial charge in [0, 0.05) is 17.9 Å². The van der Waals surface area contributed by atoms with Gasteiger partial charge in [0.05, 0.1) is 5.69 Å². The van der Waals surface area contributed by atoms with E-state index >= 15 is 0 Å². The van der Waals surface area contributed by atoms with Crippen molar-refractivity contribution in [3.8, 4) is 11.3 Å². The van der Waals surface area contributed by atoms with Gasteiger partial charge in [0.1, 0.15) is 0 Å². The standard InChI is InChI=1S/C11H11BN2O3S/c1-7(15)13-11-14-10(6-18-11)8-2-4-9(5-3-8)12(16)17/h2-6,16-17H,1H3,(H,13,14,15). The van der Waals surface area contributed by atoms with Crippen LogP contribution < -0.4 is 10.8 Å². The molecule has 0 bridgehead atoms. The summed E-state index contributed by atoms with van der Waals surface area (Å²) in [5.74, 6) is -0.158. The van der Waals surface area contributed by atoms with Crippen LogP contribution in [0.15, 0.2) is 29.6 Å². The van der Waals surface area contributed by atoms with Gasteiger partial charge in [-0.05, 0) is 5.46 Å². The van der Waals surface area contributed by atoms with Crippen molar-refractivity contribution in [2.45, 2.75) is 6.92 Å². The minimum atomic E-state index is -1.47. The number of rotatable bonds is 3. The molecule has 0 aliphatic heterocycles. The lowest BCUT2D eigenvalue weighted by molar-refractivity contribution is -0.114. The van der Waals surface area contributed by atoms with Crippen molar-refractivity contribution in [3.05, 3.63) is 29.6 Å². The van der Waals surface area contributed by atoms with E-state index in [4.69, 9.17) is 10.0 Å². The zero-order valence-corrected chi connectivity index (χ0v) is 10.4. The Morgan fingerprint density at radius 3 is 2.56 bits per heavy atom. The van der Waals surface area contributed by atoms with Crippen LogP contribution in [0, 0.1) is 0 Å². The highest BCUT2D eigenvalue weighted by atomic mass is 32.1. The largest absolute Gasteiger partial charge is 0.488 e. The van der Waals surface area contributed by atoms with Gasteiger partial charge in [-0.3, -0.25) is 4.79 Å². The SMILES string of the molecule is CC(=O)Nc1nc(-c2ccc(B(O)O)cc2)cs1. The number of nitrogens with one attached hydrogen (secondary N) is 1. The first-order chi connectivity index (χ1) is 8.56. The van der Waals surface area contributed by atoms with Gasteiger partial charge < -0.3 is 15.4 Å². The third-order valence-electron chi connectivity index (χ3n) is 2.29. The molecule has 1 amide bonds. The molecule has 3 N–H and O–H groups in total. The third-order valence-corrected chi connectivity index (χ3v) is 3.05. The summed E-state index contributed by atoms with van der Waals surface area (Å²) in [6.07, 6.45) is 0. The fourth-order valence-corrected chi connectivity index (χ4v) is 2.21. The first kappa shape index (κ1) is 12.8. The second kappa shape index (κ2) is 5.30. The smallest absolute Gasteiger partial charge is 0.423 e. The molecule has 5 nitrogen and oxygen atoms in total. The molecule has 1 heterocycles. The van der Waals surface area contributed by atoms with Crippen LogP contribution in [0.25, 0.3) is 11.3 Å². The number of carbonyl (C=O) groups is 1. The van der Waals surface area contributed by atoms with E-state index in [0.29, 0.717) is 10.6 Å². The van der Waals surface area contributed by atoms with E-state index in [1.807, 2.05) is 5.38 Å². The molecule has 7 heteroatoms. The normalized spacial score (nSPS) is 10.2. The number of anilines is 1. The lowest BCUT2D eigenvalue weighted by Crippen LogP contribution is -2.29. The Kier molecular flexibility index (Phi) is 3.76. The lowest BCUT2D eigenvalue weighted by Gasteiger charge is -2.00. The molecule has 0 saturated carbocycles. The number of hydrogen-bond donors (Lipinski definition) is 3. The van der Waals surface area contributed by atoms with Gasteiger partial charge in [0.25, 0.3) is 0 Å².